The van der Waals surface area contributed by atoms with Gasteiger partial charge in [0.2, 0.25) is 0 Å². The number of hydrogen-bond acceptors (Lipinski definition) is 3. The second kappa shape index (κ2) is 5.29. The first-order chi connectivity index (χ1) is 9.76. The van der Waals surface area contributed by atoms with E-state index in [2.05, 4.69) is 4.99 Å². The Kier molecular flexibility index (Phi) is 3.33. The van der Waals surface area contributed by atoms with Crippen LogP contribution in [0.5, 0.6) is 5.75 Å². The Hall–Kier alpha value is -2.42. The lowest BCUT2D eigenvalue weighted by atomic mass is 9.97. The first-order valence-electron chi connectivity index (χ1n) is 6.58. The van der Waals surface area contributed by atoms with E-state index in [0.29, 0.717) is 6.42 Å². The van der Waals surface area contributed by atoms with E-state index >= 15 is 0 Å². The van der Waals surface area contributed by atoms with E-state index in [4.69, 9.17) is 4.74 Å². The third-order valence-electron chi connectivity index (χ3n) is 3.44. The molecule has 100 valence electrons. The largest absolute Gasteiger partial charge is 0.497 e. The molecule has 2 aromatic rings. The smallest absolute Gasteiger partial charge is 0.170 e. The van der Waals surface area contributed by atoms with Gasteiger partial charge in [-0.2, -0.15) is 0 Å². The van der Waals surface area contributed by atoms with Crippen LogP contribution < -0.4 is 4.74 Å². The van der Waals surface area contributed by atoms with E-state index in [1.54, 1.807) is 13.3 Å². The molecule has 3 nitrogen and oxygen atoms in total. The van der Waals surface area contributed by atoms with Gasteiger partial charge in [-0.3, -0.25) is 9.79 Å². The van der Waals surface area contributed by atoms with Crippen molar-refractivity contribution in [3.8, 4) is 5.75 Å². The van der Waals surface area contributed by atoms with Crippen molar-refractivity contribution in [1.82, 2.24) is 0 Å². The van der Waals surface area contributed by atoms with Crippen molar-refractivity contribution >= 4 is 17.7 Å². The number of benzene rings is 2. The number of methoxy groups -OCH3 is 1. The topological polar surface area (TPSA) is 38.7 Å². The predicted octanol–water partition coefficient (Wildman–Crippen LogP) is 3.57. The summed E-state index contributed by atoms with van der Waals surface area (Å²) in [7, 11) is 1.66. The second-order valence-electron chi connectivity index (χ2n) is 4.82. The van der Waals surface area contributed by atoms with Crippen LogP contribution in [0, 0.1) is 0 Å². The Morgan fingerprint density at radius 1 is 1.10 bits per heavy atom. The van der Waals surface area contributed by atoms with Crippen molar-refractivity contribution in [3.63, 3.8) is 0 Å². The van der Waals surface area contributed by atoms with Gasteiger partial charge in [0.25, 0.3) is 0 Å². The molecule has 0 amide bonds. The summed E-state index contributed by atoms with van der Waals surface area (Å²) in [5.41, 5.74) is 3.83. The number of ether oxygens (including phenoxy) is 1. The van der Waals surface area contributed by atoms with Gasteiger partial charge in [-0.25, -0.2) is 0 Å². The molecule has 0 aliphatic carbocycles. The average molecular weight is 265 g/mol. The summed E-state index contributed by atoms with van der Waals surface area (Å²) < 4.78 is 5.15. The highest BCUT2D eigenvalue weighted by Gasteiger charge is 2.14. The highest BCUT2D eigenvalue weighted by Crippen LogP contribution is 2.26. The molecule has 0 aromatic heterocycles. The molecule has 0 spiro atoms. The summed E-state index contributed by atoms with van der Waals surface area (Å²) in [5.74, 6) is 0.996. The van der Waals surface area contributed by atoms with Gasteiger partial charge < -0.3 is 4.74 Å². The second-order valence-corrected chi connectivity index (χ2v) is 4.82. The fourth-order valence-electron chi connectivity index (χ4n) is 2.35. The summed E-state index contributed by atoms with van der Waals surface area (Å²) in [6, 6.07) is 13.9. The number of nitrogens with zero attached hydrogens (tertiary/aromatic N) is 1. The van der Waals surface area contributed by atoms with E-state index in [0.717, 1.165) is 29.0 Å². The first kappa shape index (κ1) is 12.6. The summed E-state index contributed by atoms with van der Waals surface area (Å²) in [4.78, 5) is 16.1. The van der Waals surface area contributed by atoms with Crippen molar-refractivity contribution < 1.29 is 9.53 Å². The average Bonchev–Trinajstić information content (AvgIpc) is 2.49. The standard InChI is InChI=1S/C17H15NO2/c1-20-14-5-2-12(3-6-14)10-13-4-7-16-15(11-13)17(19)8-9-18-16/h2-7,9,11H,8,10H2,1H3. The van der Waals surface area contributed by atoms with Gasteiger partial charge in [0.1, 0.15) is 5.75 Å². The predicted molar refractivity (Wildman–Crippen MR) is 79.3 cm³/mol. The van der Waals surface area contributed by atoms with E-state index < -0.39 is 0 Å². The molecule has 0 radical (unpaired) electrons. The lowest BCUT2D eigenvalue weighted by Gasteiger charge is -2.11. The molecular weight excluding hydrogens is 250 g/mol. The SMILES string of the molecule is COc1ccc(Cc2ccc3c(c2)C(=O)CC=N3)cc1. The maximum atomic E-state index is 11.9. The number of aliphatic imine (C=N–C) groups is 1. The third kappa shape index (κ3) is 2.48. The third-order valence-corrected chi connectivity index (χ3v) is 3.44. The molecule has 0 unspecified atom stereocenters. The first-order valence-corrected chi connectivity index (χ1v) is 6.58. The van der Waals surface area contributed by atoms with Gasteiger partial charge in [-0.1, -0.05) is 18.2 Å². The Morgan fingerprint density at radius 3 is 2.60 bits per heavy atom. The van der Waals surface area contributed by atoms with Crippen LogP contribution in [-0.4, -0.2) is 19.1 Å². The van der Waals surface area contributed by atoms with Crippen molar-refractivity contribution in [2.75, 3.05) is 7.11 Å². The molecule has 20 heavy (non-hydrogen) atoms. The molecular formula is C17H15NO2. The fourth-order valence-corrected chi connectivity index (χ4v) is 2.35. The van der Waals surface area contributed by atoms with Crippen molar-refractivity contribution in [2.45, 2.75) is 12.8 Å². The quantitative estimate of drug-likeness (QED) is 0.850. The van der Waals surface area contributed by atoms with Gasteiger partial charge in [-0.05, 0) is 41.8 Å². The van der Waals surface area contributed by atoms with Crippen LogP contribution in [-0.2, 0) is 6.42 Å². The number of hydrogen-bond donors (Lipinski definition) is 0. The number of ketones is 1. The van der Waals surface area contributed by atoms with E-state index in [1.807, 2.05) is 42.5 Å². The molecule has 2 aromatic carbocycles. The number of rotatable bonds is 3. The van der Waals surface area contributed by atoms with Gasteiger partial charge in [0.15, 0.2) is 5.78 Å². The number of fused-ring (bicyclic) bond motifs is 1. The van der Waals surface area contributed by atoms with E-state index in [-0.39, 0.29) is 5.78 Å². The maximum Gasteiger partial charge on any atom is 0.170 e. The van der Waals surface area contributed by atoms with Crippen molar-refractivity contribution in [3.05, 3.63) is 59.2 Å². The lowest BCUT2D eigenvalue weighted by molar-refractivity contribution is 0.100. The van der Waals surface area contributed by atoms with Crippen LogP contribution in [0.1, 0.15) is 27.9 Å². The Balaban J connectivity index is 1.85. The van der Waals surface area contributed by atoms with E-state index in [9.17, 15) is 4.79 Å². The molecule has 0 saturated carbocycles. The molecule has 0 bridgehead atoms. The van der Waals surface area contributed by atoms with Crippen molar-refractivity contribution in [2.24, 2.45) is 4.99 Å². The Labute approximate surface area is 117 Å². The summed E-state index contributed by atoms with van der Waals surface area (Å²) in [6.45, 7) is 0. The van der Waals surface area contributed by atoms with Crippen molar-refractivity contribution in [1.29, 1.82) is 0 Å². The Bertz CT molecular complexity index is 672. The molecule has 1 heterocycles. The molecule has 1 aliphatic rings. The maximum absolute atomic E-state index is 11.9. The molecule has 0 saturated heterocycles. The van der Waals surface area contributed by atoms with Crippen LogP contribution in [0.3, 0.4) is 0 Å². The number of carbonyl (C=O) groups is 1. The molecule has 0 fully saturated rings. The summed E-state index contributed by atoms with van der Waals surface area (Å²) in [5, 5.41) is 0. The minimum Gasteiger partial charge on any atom is -0.497 e. The number of Topliss-reactive ketones (excluding diaryl/α,β-unsaturated/α-hetero) is 1. The zero-order valence-corrected chi connectivity index (χ0v) is 11.3. The van der Waals surface area contributed by atoms with Gasteiger partial charge >= 0.3 is 0 Å². The minimum atomic E-state index is 0.145. The van der Waals surface area contributed by atoms with Gasteiger partial charge in [0, 0.05) is 18.2 Å². The molecule has 3 heteroatoms. The fraction of sp³-hybridized carbons (Fsp3) is 0.176. The van der Waals surface area contributed by atoms with Crippen LogP contribution in [0.25, 0.3) is 0 Å². The van der Waals surface area contributed by atoms with Gasteiger partial charge in [0.05, 0.1) is 12.8 Å². The highest BCUT2D eigenvalue weighted by molar-refractivity contribution is 6.10. The molecule has 0 N–H and O–H groups in total. The summed E-state index contributed by atoms with van der Waals surface area (Å²) >= 11 is 0. The summed E-state index contributed by atoms with van der Waals surface area (Å²) in [6.07, 6.45) is 2.88. The highest BCUT2D eigenvalue weighted by atomic mass is 16.5. The van der Waals surface area contributed by atoms with Crippen LogP contribution in [0.15, 0.2) is 47.5 Å². The minimum absolute atomic E-state index is 0.145. The molecule has 3 rings (SSSR count). The normalized spacial score (nSPS) is 13.2. The van der Waals surface area contributed by atoms with Crippen LogP contribution in [0.4, 0.5) is 5.69 Å². The van der Waals surface area contributed by atoms with E-state index in [1.165, 1.54) is 5.56 Å². The molecule has 1 aliphatic heterocycles. The zero-order chi connectivity index (χ0) is 13.9. The Morgan fingerprint density at radius 2 is 1.85 bits per heavy atom. The number of carbonyl (C=O) groups excluding carboxylic acids is 1. The van der Waals surface area contributed by atoms with Crippen LogP contribution in [0.2, 0.25) is 0 Å². The molecule has 0 atom stereocenters. The van der Waals surface area contributed by atoms with Crippen LogP contribution >= 0.6 is 0 Å². The zero-order valence-electron chi connectivity index (χ0n) is 11.3. The van der Waals surface area contributed by atoms with Gasteiger partial charge in [-0.15, -0.1) is 0 Å². The lowest BCUT2D eigenvalue weighted by Crippen LogP contribution is -2.05. The monoisotopic (exact) mass is 265 g/mol.